The number of benzene rings is 1. The zero-order valence-corrected chi connectivity index (χ0v) is 14.0. The van der Waals surface area contributed by atoms with Gasteiger partial charge >= 0.3 is 0 Å². The van der Waals surface area contributed by atoms with Crippen molar-refractivity contribution in [2.45, 2.75) is 36.5 Å². The molecule has 1 amide bonds. The van der Waals surface area contributed by atoms with E-state index in [1.807, 2.05) is 0 Å². The van der Waals surface area contributed by atoms with Crippen LogP contribution in [0, 0.1) is 0 Å². The highest BCUT2D eigenvalue weighted by Gasteiger charge is 2.30. The van der Waals surface area contributed by atoms with Crippen LogP contribution < -0.4 is 16.2 Å². The fraction of sp³-hybridized carbons (Fsp3) is 0.467. The lowest BCUT2D eigenvalue weighted by atomic mass is 9.95. The fourth-order valence-corrected chi connectivity index (χ4v) is 4.26. The van der Waals surface area contributed by atoms with Crippen LogP contribution in [0.25, 0.3) is 0 Å². The van der Waals surface area contributed by atoms with Gasteiger partial charge in [-0.2, -0.15) is 4.99 Å². The number of sulfone groups is 1. The first kappa shape index (κ1) is 17.3. The number of amides is 1. The maximum atomic E-state index is 12.3. The molecule has 1 aliphatic rings. The van der Waals surface area contributed by atoms with Crippen molar-refractivity contribution in [3.8, 4) is 5.75 Å². The van der Waals surface area contributed by atoms with Gasteiger partial charge in [0.1, 0.15) is 4.90 Å². The number of methoxy groups -OCH3 is 1. The second-order valence-electron chi connectivity index (χ2n) is 5.66. The van der Waals surface area contributed by atoms with E-state index in [9.17, 15) is 13.2 Å². The second-order valence-corrected chi connectivity index (χ2v) is 7.61. The van der Waals surface area contributed by atoms with Crippen molar-refractivity contribution < 1.29 is 17.9 Å². The average Bonchev–Trinajstić information content (AvgIpc) is 2.97. The lowest BCUT2D eigenvalue weighted by molar-refractivity contribution is 0.0999. The Labute approximate surface area is 135 Å². The number of hydrogen-bond acceptors (Lipinski definition) is 4. The topological polar surface area (TPSA) is 125 Å². The summed E-state index contributed by atoms with van der Waals surface area (Å²) in [7, 11) is -2.26. The number of aliphatic imine (C=N–C) groups is 1. The highest BCUT2D eigenvalue weighted by atomic mass is 32.2. The molecule has 23 heavy (non-hydrogen) atoms. The minimum atomic E-state index is -3.59. The molecular weight excluding hydrogens is 318 g/mol. The molecule has 0 spiro atoms. The standard InChI is InChI=1S/C15H21N3O4S/c1-22-12-11(14(19)18-15(16)17)8-7-10(9-5-3-4-6-9)13(12)23(2,20)21/h7-9H,3-6H2,1-2H3,(H4,16,17,18,19). The van der Waals surface area contributed by atoms with Crippen LogP contribution in [0.1, 0.15) is 47.5 Å². The van der Waals surface area contributed by atoms with Crippen molar-refractivity contribution in [3.63, 3.8) is 0 Å². The van der Waals surface area contributed by atoms with Crippen LogP contribution in [0.5, 0.6) is 5.75 Å². The van der Waals surface area contributed by atoms with Gasteiger partial charge in [0.25, 0.3) is 5.91 Å². The first-order valence-corrected chi connectivity index (χ1v) is 9.19. The van der Waals surface area contributed by atoms with Gasteiger partial charge in [-0.15, -0.1) is 0 Å². The predicted octanol–water partition coefficient (Wildman–Crippen LogP) is 1.17. The molecule has 0 radical (unpaired) electrons. The van der Waals surface area contributed by atoms with E-state index in [1.54, 1.807) is 6.07 Å². The predicted molar refractivity (Wildman–Crippen MR) is 87.5 cm³/mol. The summed E-state index contributed by atoms with van der Waals surface area (Å²) in [6, 6.07) is 3.19. The monoisotopic (exact) mass is 339 g/mol. The smallest absolute Gasteiger partial charge is 0.283 e. The molecule has 1 aliphatic carbocycles. The van der Waals surface area contributed by atoms with Crippen LogP contribution in [0.3, 0.4) is 0 Å². The van der Waals surface area contributed by atoms with Gasteiger partial charge in [0.2, 0.25) is 0 Å². The molecule has 0 unspecified atom stereocenters. The van der Waals surface area contributed by atoms with E-state index in [0.717, 1.165) is 31.9 Å². The van der Waals surface area contributed by atoms with Crippen LogP contribution in [-0.2, 0) is 9.84 Å². The number of nitrogens with two attached hydrogens (primary N) is 2. The molecule has 0 aromatic heterocycles. The van der Waals surface area contributed by atoms with Crippen LogP contribution in [0.15, 0.2) is 22.0 Å². The summed E-state index contributed by atoms with van der Waals surface area (Å²) in [5.74, 6) is -0.963. The fourth-order valence-electron chi connectivity index (χ4n) is 3.07. The Morgan fingerprint density at radius 2 is 1.87 bits per heavy atom. The molecule has 1 saturated carbocycles. The normalized spacial score (nSPS) is 15.4. The highest BCUT2D eigenvalue weighted by Crippen LogP contribution is 2.42. The van der Waals surface area contributed by atoms with Gasteiger partial charge in [0, 0.05) is 6.26 Å². The van der Waals surface area contributed by atoms with Crippen molar-refractivity contribution in [1.82, 2.24) is 0 Å². The molecule has 2 rings (SSSR count). The first-order chi connectivity index (χ1) is 10.8. The Bertz CT molecular complexity index is 746. The largest absolute Gasteiger partial charge is 0.495 e. The Morgan fingerprint density at radius 1 is 1.26 bits per heavy atom. The summed E-state index contributed by atoms with van der Waals surface area (Å²) in [5.41, 5.74) is 11.2. The number of guanidine groups is 1. The van der Waals surface area contributed by atoms with Crippen molar-refractivity contribution in [1.29, 1.82) is 0 Å². The van der Waals surface area contributed by atoms with Crippen LogP contribution in [-0.4, -0.2) is 33.7 Å². The summed E-state index contributed by atoms with van der Waals surface area (Å²) >= 11 is 0. The summed E-state index contributed by atoms with van der Waals surface area (Å²) < 4.78 is 29.9. The van der Waals surface area contributed by atoms with Gasteiger partial charge < -0.3 is 16.2 Å². The van der Waals surface area contributed by atoms with E-state index in [0.29, 0.717) is 5.56 Å². The third-order valence-corrected chi connectivity index (χ3v) is 5.14. The average molecular weight is 339 g/mol. The molecule has 0 saturated heterocycles. The molecule has 8 heteroatoms. The van der Waals surface area contributed by atoms with Gasteiger partial charge in [-0.1, -0.05) is 18.9 Å². The van der Waals surface area contributed by atoms with E-state index in [1.165, 1.54) is 13.2 Å². The second kappa shape index (κ2) is 6.57. The summed E-state index contributed by atoms with van der Waals surface area (Å²) in [6.07, 6.45) is 5.08. The zero-order valence-electron chi connectivity index (χ0n) is 13.2. The van der Waals surface area contributed by atoms with Gasteiger partial charge in [-0.3, -0.25) is 4.79 Å². The van der Waals surface area contributed by atoms with Gasteiger partial charge in [-0.05, 0) is 30.4 Å². The van der Waals surface area contributed by atoms with Gasteiger partial charge in [0.15, 0.2) is 21.5 Å². The first-order valence-electron chi connectivity index (χ1n) is 7.30. The Morgan fingerprint density at radius 3 is 2.35 bits per heavy atom. The van der Waals surface area contributed by atoms with Crippen LogP contribution in [0.2, 0.25) is 0 Å². The molecule has 1 aromatic rings. The number of carbonyl (C=O) groups excluding carboxylic acids is 1. The minimum absolute atomic E-state index is 0.00639. The Kier molecular flexibility index (Phi) is 4.93. The number of carbonyl (C=O) groups is 1. The molecule has 1 fully saturated rings. The van der Waals surface area contributed by atoms with E-state index < -0.39 is 21.7 Å². The third-order valence-electron chi connectivity index (χ3n) is 3.97. The molecular formula is C15H21N3O4S. The molecule has 0 aliphatic heterocycles. The summed E-state index contributed by atoms with van der Waals surface area (Å²) in [5, 5.41) is 0. The number of hydrogen-bond donors (Lipinski definition) is 2. The van der Waals surface area contributed by atoms with E-state index >= 15 is 0 Å². The maximum absolute atomic E-state index is 12.3. The molecule has 7 nitrogen and oxygen atoms in total. The Hall–Kier alpha value is -2.09. The molecule has 1 aromatic carbocycles. The lowest BCUT2D eigenvalue weighted by Gasteiger charge is -2.19. The van der Waals surface area contributed by atoms with Crippen molar-refractivity contribution in [3.05, 3.63) is 23.3 Å². The summed E-state index contributed by atoms with van der Waals surface area (Å²) in [4.78, 5) is 15.6. The maximum Gasteiger partial charge on any atom is 0.283 e. The van der Waals surface area contributed by atoms with Crippen LogP contribution in [0.4, 0.5) is 0 Å². The SMILES string of the molecule is COc1c(C(=O)N=C(N)N)ccc(C2CCCC2)c1S(C)(=O)=O. The molecule has 0 bridgehead atoms. The van der Waals surface area contributed by atoms with E-state index in [-0.39, 0.29) is 22.1 Å². The lowest BCUT2D eigenvalue weighted by Crippen LogP contribution is -2.24. The molecule has 126 valence electrons. The number of nitrogens with zero attached hydrogens (tertiary/aromatic N) is 1. The molecule has 4 N–H and O–H groups in total. The summed E-state index contributed by atoms with van der Waals surface area (Å²) in [6.45, 7) is 0. The van der Waals surface area contributed by atoms with Crippen molar-refractivity contribution in [2.75, 3.05) is 13.4 Å². The zero-order chi connectivity index (χ0) is 17.2. The van der Waals surface area contributed by atoms with E-state index in [2.05, 4.69) is 4.99 Å². The van der Waals surface area contributed by atoms with Crippen molar-refractivity contribution >= 4 is 21.7 Å². The minimum Gasteiger partial charge on any atom is -0.495 e. The Balaban J connectivity index is 2.69. The number of rotatable bonds is 4. The van der Waals surface area contributed by atoms with Crippen molar-refractivity contribution in [2.24, 2.45) is 16.5 Å². The molecule has 0 atom stereocenters. The third kappa shape index (κ3) is 3.64. The molecule has 0 heterocycles. The van der Waals surface area contributed by atoms with E-state index in [4.69, 9.17) is 16.2 Å². The highest BCUT2D eigenvalue weighted by molar-refractivity contribution is 7.90. The van der Waals surface area contributed by atoms with Gasteiger partial charge in [0.05, 0.1) is 12.7 Å². The number of ether oxygens (including phenoxy) is 1. The quantitative estimate of drug-likeness (QED) is 0.626. The van der Waals surface area contributed by atoms with Gasteiger partial charge in [-0.25, -0.2) is 8.42 Å². The van der Waals surface area contributed by atoms with Crippen LogP contribution >= 0.6 is 0 Å².